The van der Waals surface area contributed by atoms with Crippen molar-refractivity contribution in [3.8, 4) is 0 Å². The fourth-order valence-electron chi connectivity index (χ4n) is 5.04. The van der Waals surface area contributed by atoms with Crippen LogP contribution in [0.4, 0.5) is 15.4 Å². The highest BCUT2D eigenvalue weighted by molar-refractivity contribution is 6.12. The van der Waals surface area contributed by atoms with Crippen molar-refractivity contribution in [2.45, 2.75) is 130 Å². The van der Waals surface area contributed by atoms with Crippen LogP contribution in [0.5, 0.6) is 0 Å². The van der Waals surface area contributed by atoms with Gasteiger partial charge in [0.2, 0.25) is 0 Å². The maximum absolute atomic E-state index is 12.8. The number of rotatable bonds is 23. The minimum Gasteiger partial charge on any atom is -1.00 e. The second-order valence-electron chi connectivity index (χ2n) is 11.4. The molecule has 0 aliphatic heterocycles. The van der Waals surface area contributed by atoms with Crippen LogP contribution in [0.3, 0.4) is 0 Å². The summed E-state index contributed by atoms with van der Waals surface area (Å²) in [4.78, 5) is 38.3. The van der Waals surface area contributed by atoms with Gasteiger partial charge >= 0.3 is 18.0 Å². The number of nitrogens with zero attached hydrogens (tertiary/aromatic N) is 2. The average Bonchev–Trinajstić information content (AvgIpc) is 2.96. The number of nitrogens with one attached hydrogen (secondary N) is 2. The number of ether oxygens (including phenoxy) is 2. The molecular formula is C33H59ClN4O5. The fraction of sp³-hybridized carbons (Fsp3) is 0.758. The molecule has 0 bridgehead atoms. The first-order valence-corrected chi connectivity index (χ1v) is 16.3. The first-order chi connectivity index (χ1) is 20.3. The van der Waals surface area contributed by atoms with Gasteiger partial charge in [0.05, 0.1) is 19.8 Å². The molecule has 1 heterocycles. The molecule has 9 nitrogen and oxygen atoms in total. The zero-order valence-electron chi connectivity index (χ0n) is 27.6. The third-order valence-corrected chi connectivity index (χ3v) is 7.59. The van der Waals surface area contributed by atoms with Crippen LogP contribution in [0.1, 0.15) is 122 Å². The van der Waals surface area contributed by atoms with Gasteiger partial charge in [-0.2, -0.15) is 0 Å². The van der Waals surface area contributed by atoms with E-state index in [-0.39, 0.29) is 25.6 Å². The first kappa shape index (κ1) is 40.6. The summed E-state index contributed by atoms with van der Waals surface area (Å²) >= 11 is 0. The number of alkyl carbamates (subject to hydrolysis) is 1. The number of halogens is 1. The van der Waals surface area contributed by atoms with E-state index >= 15 is 0 Å². The van der Waals surface area contributed by atoms with Gasteiger partial charge in [-0.15, -0.1) is 4.90 Å². The molecule has 1 aromatic heterocycles. The van der Waals surface area contributed by atoms with Gasteiger partial charge < -0.3 is 32.5 Å². The summed E-state index contributed by atoms with van der Waals surface area (Å²) in [5.74, 6) is 0.0808. The zero-order valence-corrected chi connectivity index (χ0v) is 28.3. The van der Waals surface area contributed by atoms with E-state index in [4.69, 9.17) is 9.47 Å². The molecule has 43 heavy (non-hydrogen) atoms. The molecule has 0 fully saturated rings. The summed E-state index contributed by atoms with van der Waals surface area (Å²) in [7, 11) is 3.26. The molecule has 4 amide bonds. The molecule has 10 heteroatoms. The number of methoxy groups -OCH3 is 1. The summed E-state index contributed by atoms with van der Waals surface area (Å²) in [6.07, 6.45) is 21.7. The smallest absolute Gasteiger partial charge is 0.416 e. The molecule has 0 saturated carbocycles. The van der Waals surface area contributed by atoms with Crippen LogP contribution < -0.4 is 32.5 Å². The molecule has 1 aromatic rings. The normalized spacial score (nSPS) is 11.4. The lowest BCUT2D eigenvalue weighted by Gasteiger charge is -2.19. The lowest BCUT2D eigenvalue weighted by atomic mass is 10.0. The number of pyridine rings is 1. The largest absolute Gasteiger partial charge is 1.00 e. The van der Waals surface area contributed by atoms with Crippen molar-refractivity contribution in [3.05, 3.63) is 23.9 Å². The highest BCUT2D eigenvalue weighted by Gasteiger charge is 2.33. The number of urea groups is 1. The maximum Gasteiger partial charge on any atom is 0.416 e. The molecule has 1 atom stereocenters. The van der Waals surface area contributed by atoms with Crippen LogP contribution in [0.2, 0.25) is 0 Å². The molecule has 0 aromatic carbocycles. The minimum absolute atomic E-state index is 0. The highest BCUT2D eigenvalue weighted by atomic mass is 35.5. The highest BCUT2D eigenvalue weighted by Crippen LogP contribution is 2.15. The monoisotopic (exact) mass is 626 g/mol. The van der Waals surface area contributed by atoms with Crippen molar-refractivity contribution < 1.29 is 40.8 Å². The van der Waals surface area contributed by atoms with E-state index in [1.807, 2.05) is 19.1 Å². The topological polar surface area (TPSA) is 101 Å². The lowest BCUT2D eigenvalue weighted by Crippen LogP contribution is -3.00. The Bertz CT molecular complexity index is 882. The fourth-order valence-corrected chi connectivity index (χ4v) is 5.04. The molecule has 2 N–H and O–H groups in total. The molecule has 248 valence electrons. The Morgan fingerprint density at radius 2 is 1.37 bits per heavy atom. The quantitative estimate of drug-likeness (QED) is 0.142. The number of aryl methyl sites for hydroxylation is 2. The van der Waals surface area contributed by atoms with Gasteiger partial charge in [-0.3, -0.25) is 0 Å². The van der Waals surface area contributed by atoms with Crippen molar-refractivity contribution >= 4 is 23.8 Å². The van der Waals surface area contributed by atoms with Crippen LogP contribution in [-0.2, 0) is 21.3 Å². The average molecular weight is 627 g/mol. The van der Waals surface area contributed by atoms with Crippen LogP contribution >= 0.6 is 0 Å². The zero-order chi connectivity index (χ0) is 31.0. The lowest BCUT2D eigenvalue weighted by molar-refractivity contribution is -0.658. The summed E-state index contributed by atoms with van der Waals surface area (Å²) in [6, 6.07) is 3.12. The Morgan fingerprint density at radius 3 is 1.84 bits per heavy atom. The van der Waals surface area contributed by atoms with Gasteiger partial charge in [-0.05, 0) is 25.5 Å². The Morgan fingerprint density at radius 1 is 0.860 bits per heavy atom. The van der Waals surface area contributed by atoms with E-state index in [2.05, 4.69) is 17.6 Å². The molecule has 0 saturated heterocycles. The first-order valence-electron chi connectivity index (χ1n) is 16.3. The number of aromatic nitrogens is 1. The molecule has 0 spiro atoms. The number of carbonyl (C=O) groups excluding carboxylic acids is 3. The number of amides is 4. The SMILES string of the molecule is CCCCCCCCCCCCCCCCCCNC(=O)OCC(CNC(=O)N(C(C)=O)c1c(C)ccc[n+]1C)OC.[Cl-]. The Labute approximate surface area is 267 Å². The van der Waals surface area contributed by atoms with Crippen molar-refractivity contribution in [1.82, 2.24) is 10.6 Å². The van der Waals surface area contributed by atoms with E-state index in [9.17, 15) is 14.4 Å². The number of unbranched alkanes of at least 4 members (excludes halogenated alkanes) is 15. The van der Waals surface area contributed by atoms with Crippen LogP contribution in [0, 0.1) is 6.92 Å². The van der Waals surface area contributed by atoms with Crippen LogP contribution in [0.25, 0.3) is 0 Å². The summed E-state index contributed by atoms with van der Waals surface area (Å²) in [5.41, 5.74) is 0.790. The van der Waals surface area contributed by atoms with Crippen LogP contribution in [0.15, 0.2) is 18.3 Å². The predicted octanol–water partition coefficient (Wildman–Crippen LogP) is 3.89. The number of imide groups is 1. The summed E-state index contributed by atoms with van der Waals surface area (Å²) in [6.45, 7) is 6.09. The van der Waals surface area contributed by atoms with Crippen molar-refractivity contribution in [1.29, 1.82) is 0 Å². The van der Waals surface area contributed by atoms with Crippen LogP contribution in [-0.4, -0.2) is 50.9 Å². The molecule has 0 aliphatic carbocycles. The minimum atomic E-state index is -0.567. The Balaban J connectivity index is 0.0000176. The van der Waals surface area contributed by atoms with Gasteiger partial charge in [0.1, 0.15) is 12.7 Å². The molecule has 1 unspecified atom stereocenters. The molecule has 0 aliphatic rings. The predicted molar refractivity (Wildman–Crippen MR) is 169 cm³/mol. The Kier molecular flexibility index (Phi) is 24.6. The standard InChI is InChI=1S/C33H58N4O5.ClH/c1-6-7-8-9-10-11-12-13-14-15-16-17-18-19-20-21-24-34-33(40)42-27-30(41-5)26-35-32(39)37(29(3)38)31-28(2)23-22-25-36(31)4;/h22-23,25,30H,6-21,24,26-27H2,1-5H3,(H-,34,35,39,40);1H. The molecular weight excluding hydrogens is 568 g/mol. The number of anilines is 1. The summed E-state index contributed by atoms with van der Waals surface area (Å²) in [5, 5.41) is 5.50. The van der Waals surface area contributed by atoms with E-state index in [0.29, 0.717) is 12.4 Å². The second-order valence-corrected chi connectivity index (χ2v) is 11.4. The molecule has 1 rings (SSSR count). The number of hydrogen-bond acceptors (Lipinski definition) is 5. The van der Waals surface area contributed by atoms with E-state index in [1.165, 1.54) is 104 Å². The van der Waals surface area contributed by atoms with Crippen molar-refractivity contribution in [2.75, 3.05) is 31.7 Å². The molecule has 0 radical (unpaired) electrons. The van der Waals surface area contributed by atoms with E-state index in [0.717, 1.165) is 23.3 Å². The third-order valence-electron chi connectivity index (χ3n) is 7.59. The van der Waals surface area contributed by atoms with Gasteiger partial charge in [0.15, 0.2) is 0 Å². The second kappa shape index (κ2) is 26.1. The number of hydrogen-bond donors (Lipinski definition) is 2. The van der Waals surface area contributed by atoms with Gasteiger partial charge in [0.25, 0.3) is 5.82 Å². The maximum atomic E-state index is 12.8. The Hall–Kier alpha value is -2.39. The van der Waals surface area contributed by atoms with E-state index in [1.54, 1.807) is 17.8 Å². The van der Waals surface area contributed by atoms with Gasteiger partial charge in [0, 0.05) is 26.1 Å². The van der Waals surface area contributed by atoms with E-state index < -0.39 is 24.1 Å². The third kappa shape index (κ3) is 18.8. The number of carbonyl (C=O) groups is 3. The van der Waals surface area contributed by atoms with Gasteiger partial charge in [-0.25, -0.2) is 19.0 Å². The van der Waals surface area contributed by atoms with Crippen molar-refractivity contribution in [2.24, 2.45) is 7.05 Å². The van der Waals surface area contributed by atoms with Gasteiger partial charge in [-0.1, -0.05) is 103 Å². The van der Waals surface area contributed by atoms with Crippen molar-refractivity contribution in [3.63, 3.8) is 0 Å². The summed E-state index contributed by atoms with van der Waals surface area (Å²) < 4.78 is 12.3.